The van der Waals surface area contributed by atoms with Crippen molar-refractivity contribution < 1.29 is 14.8 Å². The Hall–Kier alpha value is -2.63. The Morgan fingerprint density at radius 2 is 2.05 bits per heavy atom. The number of pyridine rings is 1. The van der Waals surface area contributed by atoms with E-state index < -0.39 is 4.92 Å². The van der Waals surface area contributed by atoms with Crippen molar-refractivity contribution in [1.29, 1.82) is 0 Å². The fourth-order valence-corrected chi connectivity index (χ4v) is 1.72. The van der Waals surface area contributed by atoms with E-state index in [0.717, 1.165) is 5.56 Å². The molecule has 2 rings (SSSR count). The highest BCUT2D eigenvalue weighted by Gasteiger charge is 2.20. The van der Waals surface area contributed by atoms with Gasteiger partial charge in [-0.2, -0.15) is 0 Å². The van der Waals surface area contributed by atoms with Crippen LogP contribution in [0.2, 0.25) is 0 Å². The monoisotopic (exact) mass is 260 g/mol. The molecule has 6 nitrogen and oxygen atoms in total. The number of hydrogen-bond acceptors (Lipinski definition) is 5. The van der Waals surface area contributed by atoms with Gasteiger partial charge in [-0.15, -0.1) is 0 Å². The molecule has 0 fully saturated rings. The van der Waals surface area contributed by atoms with Gasteiger partial charge in [0.15, 0.2) is 0 Å². The minimum Gasteiger partial charge on any atom is -0.508 e. The summed E-state index contributed by atoms with van der Waals surface area (Å²) in [5, 5.41) is 20.5. The lowest BCUT2D eigenvalue weighted by atomic mass is 10.2. The number of nitro groups is 1. The van der Waals surface area contributed by atoms with E-state index in [1.54, 1.807) is 32.0 Å². The minimum atomic E-state index is -0.534. The zero-order chi connectivity index (χ0) is 14.0. The molecular weight excluding hydrogens is 248 g/mol. The molecule has 1 N–H and O–H groups in total. The van der Waals surface area contributed by atoms with E-state index in [2.05, 4.69) is 4.98 Å². The van der Waals surface area contributed by atoms with Gasteiger partial charge in [-0.05, 0) is 37.6 Å². The molecule has 0 amide bonds. The quantitative estimate of drug-likeness (QED) is 0.677. The number of hydrogen-bond donors (Lipinski definition) is 1. The summed E-state index contributed by atoms with van der Waals surface area (Å²) in [5.41, 5.74) is 1.07. The van der Waals surface area contributed by atoms with Gasteiger partial charge in [0.2, 0.25) is 0 Å². The number of ether oxygens (including phenoxy) is 1. The average molecular weight is 260 g/mol. The van der Waals surface area contributed by atoms with Gasteiger partial charge in [0.1, 0.15) is 11.5 Å². The van der Waals surface area contributed by atoms with Gasteiger partial charge in [-0.3, -0.25) is 10.1 Å². The zero-order valence-corrected chi connectivity index (χ0v) is 10.5. The number of phenolic OH excluding ortho intramolecular Hbond substituents is 1. The van der Waals surface area contributed by atoms with Crippen molar-refractivity contribution in [3.8, 4) is 17.4 Å². The smallest absolute Gasteiger partial charge is 0.334 e. The van der Waals surface area contributed by atoms with Crippen molar-refractivity contribution in [2.45, 2.75) is 13.8 Å². The first-order chi connectivity index (χ1) is 8.97. The van der Waals surface area contributed by atoms with Crippen molar-refractivity contribution in [2.75, 3.05) is 0 Å². The van der Waals surface area contributed by atoms with Gasteiger partial charge >= 0.3 is 5.69 Å². The Balaban J connectivity index is 2.43. The predicted octanol–water partition coefficient (Wildman–Crippen LogP) is 3.10. The highest BCUT2D eigenvalue weighted by molar-refractivity contribution is 5.49. The third-order valence-electron chi connectivity index (χ3n) is 2.53. The molecule has 1 aromatic carbocycles. The van der Waals surface area contributed by atoms with E-state index in [4.69, 9.17) is 4.74 Å². The molecule has 0 saturated heterocycles. The van der Waals surface area contributed by atoms with Gasteiger partial charge in [-0.1, -0.05) is 0 Å². The predicted molar refractivity (Wildman–Crippen MR) is 68.5 cm³/mol. The second-order valence-electron chi connectivity index (χ2n) is 4.15. The molecule has 98 valence electrons. The summed E-state index contributed by atoms with van der Waals surface area (Å²) >= 11 is 0. The number of nitrogens with zero attached hydrogens (tertiary/aromatic N) is 2. The lowest BCUT2D eigenvalue weighted by Gasteiger charge is -2.07. The standard InChI is InChI=1S/C13H12N2O4/c1-8-5-10(16)7-11(6-8)19-13-12(15(17)18)9(2)3-4-14-13/h3-7,16H,1-2H3. The molecule has 6 heteroatoms. The van der Waals surface area contributed by atoms with Crippen LogP contribution < -0.4 is 4.74 Å². The summed E-state index contributed by atoms with van der Waals surface area (Å²) in [7, 11) is 0. The SMILES string of the molecule is Cc1cc(O)cc(Oc2nccc(C)c2[N+](=O)[O-])c1. The van der Waals surface area contributed by atoms with Gasteiger partial charge in [-0.25, -0.2) is 4.98 Å². The van der Waals surface area contributed by atoms with Crippen molar-refractivity contribution in [3.05, 3.63) is 51.7 Å². The summed E-state index contributed by atoms with van der Waals surface area (Å²) in [6.07, 6.45) is 1.44. The largest absolute Gasteiger partial charge is 0.508 e. The summed E-state index contributed by atoms with van der Waals surface area (Å²) in [6, 6.07) is 6.14. The van der Waals surface area contributed by atoms with Gasteiger partial charge in [0, 0.05) is 17.8 Å². The second-order valence-corrected chi connectivity index (χ2v) is 4.15. The van der Waals surface area contributed by atoms with Crippen molar-refractivity contribution in [3.63, 3.8) is 0 Å². The second kappa shape index (κ2) is 4.93. The molecule has 0 aliphatic carbocycles. The van der Waals surface area contributed by atoms with Crippen LogP contribution in [0.3, 0.4) is 0 Å². The fourth-order valence-electron chi connectivity index (χ4n) is 1.72. The number of phenols is 1. The van der Waals surface area contributed by atoms with E-state index in [1.165, 1.54) is 12.3 Å². The highest BCUT2D eigenvalue weighted by Crippen LogP contribution is 2.33. The van der Waals surface area contributed by atoms with Gasteiger partial charge in [0.25, 0.3) is 5.88 Å². The number of aryl methyl sites for hydroxylation is 2. The molecule has 0 atom stereocenters. The van der Waals surface area contributed by atoms with Crippen LogP contribution in [0.15, 0.2) is 30.5 Å². The Morgan fingerprint density at radius 1 is 1.32 bits per heavy atom. The molecule has 2 aromatic rings. The molecule has 0 bridgehead atoms. The summed E-state index contributed by atoms with van der Waals surface area (Å²) in [4.78, 5) is 14.3. The first-order valence-electron chi connectivity index (χ1n) is 5.56. The van der Waals surface area contributed by atoms with Crippen molar-refractivity contribution >= 4 is 5.69 Å². The van der Waals surface area contributed by atoms with Gasteiger partial charge in [0.05, 0.1) is 4.92 Å². The topological polar surface area (TPSA) is 85.5 Å². The van der Waals surface area contributed by atoms with E-state index in [-0.39, 0.29) is 17.3 Å². The number of aromatic nitrogens is 1. The lowest BCUT2D eigenvalue weighted by molar-refractivity contribution is -0.386. The van der Waals surface area contributed by atoms with Crippen LogP contribution in [-0.2, 0) is 0 Å². The molecule has 1 heterocycles. The normalized spacial score (nSPS) is 10.2. The lowest BCUT2D eigenvalue weighted by Crippen LogP contribution is -1.98. The number of benzene rings is 1. The molecule has 0 radical (unpaired) electrons. The highest BCUT2D eigenvalue weighted by atomic mass is 16.6. The molecule has 0 spiro atoms. The molecule has 0 aliphatic rings. The van der Waals surface area contributed by atoms with Crippen LogP contribution >= 0.6 is 0 Å². The zero-order valence-electron chi connectivity index (χ0n) is 10.5. The summed E-state index contributed by atoms with van der Waals surface area (Å²) in [5.74, 6) is 0.249. The Bertz CT molecular complexity index is 620. The third-order valence-corrected chi connectivity index (χ3v) is 2.53. The molecule has 0 unspecified atom stereocenters. The minimum absolute atomic E-state index is 0.0327. The van der Waals surface area contributed by atoms with Crippen LogP contribution in [-0.4, -0.2) is 15.0 Å². The summed E-state index contributed by atoms with van der Waals surface area (Å²) in [6.45, 7) is 3.39. The Morgan fingerprint density at radius 3 is 2.68 bits per heavy atom. The van der Waals surface area contributed by atoms with Crippen LogP contribution in [0.5, 0.6) is 17.4 Å². The fraction of sp³-hybridized carbons (Fsp3) is 0.154. The number of aromatic hydroxyl groups is 1. The maximum Gasteiger partial charge on any atom is 0.334 e. The van der Waals surface area contributed by atoms with E-state index in [1.807, 2.05) is 0 Å². The van der Waals surface area contributed by atoms with Crippen LogP contribution in [0.1, 0.15) is 11.1 Å². The van der Waals surface area contributed by atoms with E-state index in [9.17, 15) is 15.2 Å². The van der Waals surface area contributed by atoms with Crippen LogP contribution in [0.25, 0.3) is 0 Å². The van der Waals surface area contributed by atoms with Crippen molar-refractivity contribution in [2.24, 2.45) is 0 Å². The maximum atomic E-state index is 11.0. The maximum absolute atomic E-state index is 11.0. The molecular formula is C13H12N2O4. The molecule has 19 heavy (non-hydrogen) atoms. The molecule has 0 saturated carbocycles. The first kappa shape index (κ1) is 12.8. The molecule has 0 aliphatic heterocycles. The first-order valence-corrected chi connectivity index (χ1v) is 5.56. The van der Waals surface area contributed by atoms with Crippen molar-refractivity contribution in [1.82, 2.24) is 4.98 Å². The van der Waals surface area contributed by atoms with Crippen LogP contribution in [0, 0.1) is 24.0 Å². The number of rotatable bonds is 3. The Labute approximate surface area is 109 Å². The summed E-state index contributed by atoms with van der Waals surface area (Å²) < 4.78 is 5.40. The third kappa shape index (κ3) is 2.79. The van der Waals surface area contributed by atoms with E-state index >= 15 is 0 Å². The Kier molecular flexibility index (Phi) is 3.33. The van der Waals surface area contributed by atoms with E-state index in [0.29, 0.717) is 11.3 Å². The average Bonchev–Trinajstić information content (AvgIpc) is 2.26. The molecule has 1 aromatic heterocycles. The van der Waals surface area contributed by atoms with Gasteiger partial charge < -0.3 is 9.84 Å². The van der Waals surface area contributed by atoms with Crippen LogP contribution in [0.4, 0.5) is 5.69 Å².